The van der Waals surface area contributed by atoms with Gasteiger partial charge >= 0.3 is 5.97 Å². The van der Waals surface area contributed by atoms with Crippen molar-refractivity contribution in [1.29, 1.82) is 5.41 Å². The van der Waals surface area contributed by atoms with Crippen LogP contribution in [0.25, 0.3) is 0 Å². The molecule has 0 bridgehead atoms. The molecule has 0 heterocycles. The van der Waals surface area contributed by atoms with Crippen LogP contribution in [-0.2, 0) is 28.7 Å². The highest BCUT2D eigenvalue weighted by Crippen LogP contribution is 2.08. The van der Waals surface area contributed by atoms with Gasteiger partial charge in [-0.1, -0.05) is 20.8 Å². The molecule has 0 aromatic heterocycles. The molecule has 1 unspecified atom stereocenters. The zero-order chi connectivity index (χ0) is 23.3. The molecule has 0 fully saturated rings. The van der Waals surface area contributed by atoms with E-state index in [9.17, 15) is 24.0 Å². The lowest BCUT2D eigenvalue weighted by Crippen LogP contribution is -2.56. The minimum atomic E-state index is -1.12. The summed E-state index contributed by atoms with van der Waals surface area (Å²) in [5.74, 6) is -2.58. The topological polar surface area (TPSA) is 155 Å². The lowest BCUT2D eigenvalue weighted by molar-refractivity contribution is -0.147. The fourth-order valence-corrected chi connectivity index (χ4v) is 2.69. The minimum Gasteiger partial charge on any atom is -0.464 e. The molecule has 0 aliphatic heterocycles. The highest BCUT2D eigenvalue weighted by molar-refractivity contribution is 6.26. The molecule has 0 aromatic rings. The molecule has 3 atom stereocenters. The quantitative estimate of drug-likeness (QED) is 0.234. The van der Waals surface area contributed by atoms with Crippen LogP contribution < -0.4 is 16.0 Å². The van der Waals surface area contributed by atoms with Crippen molar-refractivity contribution in [2.24, 2.45) is 5.92 Å². The summed E-state index contributed by atoms with van der Waals surface area (Å²) in [5, 5.41) is 14.7. The van der Waals surface area contributed by atoms with Crippen molar-refractivity contribution in [3.63, 3.8) is 0 Å². The molecule has 0 rings (SSSR count). The summed E-state index contributed by atoms with van der Waals surface area (Å²) in [6.07, 6.45) is 1.10. The second-order valence-electron chi connectivity index (χ2n) is 7.31. The van der Waals surface area contributed by atoms with Crippen molar-refractivity contribution < 1.29 is 28.7 Å². The number of carbonyl (C=O) groups is 5. The molecule has 10 heteroatoms. The Kier molecular flexibility index (Phi) is 12.9. The lowest BCUT2D eigenvalue weighted by atomic mass is 10.0. The van der Waals surface area contributed by atoms with Gasteiger partial charge in [0.2, 0.25) is 17.7 Å². The van der Waals surface area contributed by atoms with Crippen LogP contribution in [0.15, 0.2) is 0 Å². The number of rotatable bonds is 14. The van der Waals surface area contributed by atoms with Gasteiger partial charge in [-0.05, 0) is 32.1 Å². The largest absolute Gasteiger partial charge is 0.464 e. The smallest absolute Gasteiger partial charge is 0.328 e. The van der Waals surface area contributed by atoms with Crippen molar-refractivity contribution in [1.82, 2.24) is 16.0 Å². The minimum absolute atomic E-state index is 0.0560. The van der Waals surface area contributed by atoms with E-state index in [1.54, 1.807) is 13.8 Å². The van der Waals surface area contributed by atoms with E-state index < -0.39 is 41.7 Å². The van der Waals surface area contributed by atoms with E-state index in [4.69, 9.17) is 10.1 Å². The number of esters is 1. The fraction of sp³-hybridized carbons (Fsp3) is 0.700. The summed E-state index contributed by atoms with van der Waals surface area (Å²) >= 11 is 0. The molecule has 0 saturated carbocycles. The molecule has 0 saturated heterocycles. The van der Waals surface area contributed by atoms with Crippen molar-refractivity contribution in [3.8, 4) is 0 Å². The number of carbonyl (C=O) groups excluding carboxylic acids is 5. The van der Waals surface area contributed by atoms with E-state index in [2.05, 4.69) is 16.0 Å². The number of amides is 3. The summed E-state index contributed by atoms with van der Waals surface area (Å²) in [6, 6.07) is -2.85. The van der Waals surface area contributed by atoms with Crippen LogP contribution >= 0.6 is 0 Å². The summed E-state index contributed by atoms with van der Waals surface area (Å²) < 4.78 is 4.93. The highest BCUT2D eigenvalue weighted by atomic mass is 16.5. The molecule has 0 aliphatic carbocycles. The van der Waals surface area contributed by atoms with E-state index in [-0.39, 0.29) is 37.7 Å². The Morgan fingerprint density at radius 1 is 0.933 bits per heavy atom. The first-order valence-electron chi connectivity index (χ1n) is 10.1. The number of ketones is 1. The van der Waals surface area contributed by atoms with E-state index in [0.29, 0.717) is 12.6 Å². The van der Waals surface area contributed by atoms with Crippen LogP contribution in [-0.4, -0.2) is 60.4 Å². The van der Waals surface area contributed by atoms with E-state index in [0.717, 1.165) is 0 Å². The Labute approximate surface area is 177 Å². The summed E-state index contributed by atoms with van der Waals surface area (Å²) in [7, 11) is 0. The molecule has 4 N–H and O–H groups in total. The van der Waals surface area contributed by atoms with Crippen LogP contribution in [0.5, 0.6) is 0 Å². The molecule has 10 nitrogen and oxygen atoms in total. The molecule has 0 radical (unpaired) electrons. The Morgan fingerprint density at radius 3 is 1.97 bits per heavy atom. The Balaban J connectivity index is 5.42. The van der Waals surface area contributed by atoms with Gasteiger partial charge in [0.25, 0.3) is 0 Å². The zero-order valence-corrected chi connectivity index (χ0v) is 18.4. The Hall–Kier alpha value is -2.78. The average Bonchev–Trinajstić information content (AvgIpc) is 2.67. The van der Waals surface area contributed by atoms with Gasteiger partial charge in [-0.25, -0.2) is 4.79 Å². The third-order valence-corrected chi connectivity index (χ3v) is 4.17. The normalized spacial score (nSPS) is 13.5. The van der Waals surface area contributed by atoms with Gasteiger partial charge in [-0.3, -0.25) is 19.2 Å². The maximum Gasteiger partial charge on any atom is 0.328 e. The van der Waals surface area contributed by atoms with Gasteiger partial charge < -0.3 is 26.1 Å². The molecule has 3 amide bonds. The van der Waals surface area contributed by atoms with Crippen molar-refractivity contribution in [2.45, 2.75) is 78.4 Å². The molecule has 170 valence electrons. The van der Waals surface area contributed by atoms with Crippen LogP contribution in [0.2, 0.25) is 0 Å². The van der Waals surface area contributed by atoms with Gasteiger partial charge in [0.15, 0.2) is 5.78 Å². The summed E-state index contributed by atoms with van der Waals surface area (Å²) in [5.41, 5.74) is 0. The van der Waals surface area contributed by atoms with E-state index in [1.807, 2.05) is 13.8 Å². The van der Waals surface area contributed by atoms with E-state index in [1.165, 1.54) is 6.92 Å². The second-order valence-corrected chi connectivity index (χ2v) is 7.31. The van der Waals surface area contributed by atoms with Gasteiger partial charge in [-0.2, -0.15) is 0 Å². The standard InChI is InChI=1S/C20H34N4O6/c1-6-15(20(29)30-7-2)23-18(27)16(9-8-14(26)11-21)24-19(28)17(10-12(3)4)22-13(5)25/h11-12,15-17,21H,6-10H2,1-5H3,(H,22,25)(H,23,27)(H,24,28)/t15?,16-,17-/m0/s1. The SMILES string of the molecule is CCOC(=O)C(CC)NC(=O)[C@H](CCC(=O)C=N)NC(=O)[C@H](CC(C)C)NC(C)=O. The third kappa shape index (κ3) is 10.7. The van der Waals surface area contributed by atoms with Crippen molar-refractivity contribution >= 4 is 35.7 Å². The summed E-state index contributed by atoms with van der Waals surface area (Å²) in [4.78, 5) is 60.4. The summed E-state index contributed by atoms with van der Waals surface area (Å²) in [6.45, 7) is 8.57. The van der Waals surface area contributed by atoms with Crippen LogP contribution in [0.1, 0.15) is 60.3 Å². The number of hydrogen-bond acceptors (Lipinski definition) is 7. The lowest BCUT2D eigenvalue weighted by Gasteiger charge is -2.25. The predicted molar refractivity (Wildman–Crippen MR) is 111 cm³/mol. The number of nitrogens with one attached hydrogen (secondary N) is 4. The van der Waals surface area contributed by atoms with Gasteiger partial charge in [0.05, 0.1) is 12.8 Å². The van der Waals surface area contributed by atoms with Crippen LogP contribution in [0.3, 0.4) is 0 Å². The van der Waals surface area contributed by atoms with Crippen molar-refractivity contribution in [3.05, 3.63) is 0 Å². The molecule has 0 aromatic carbocycles. The number of ether oxygens (including phenoxy) is 1. The van der Waals surface area contributed by atoms with Gasteiger partial charge in [-0.15, -0.1) is 0 Å². The van der Waals surface area contributed by atoms with Gasteiger partial charge in [0, 0.05) is 13.3 Å². The zero-order valence-electron chi connectivity index (χ0n) is 18.4. The maximum absolute atomic E-state index is 12.7. The molecule has 0 aliphatic rings. The number of hydrogen-bond donors (Lipinski definition) is 4. The first kappa shape index (κ1) is 27.2. The predicted octanol–water partition coefficient (Wildman–Crippen LogP) is 0.479. The molecule has 30 heavy (non-hydrogen) atoms. The first-order valence-corrected chi connectivity index (χ1v) is 10.1. The molecular formula is C20H34N4O6. The van der Waals surface area contributed by atoms with Crippen LogP contribution in [0, 0.1) is 11.3 Å². The molecular weight excluding hydrogens is 392 g/mol. The fourth-order valence-electron chi connectivity index (χ4n) is 2.69. The van der Waals surface area contributed by atoms with Gasteiger partial charge in [0.1, 0.15) is 18.1 Å². The first-order chi connectivity index (χ1) is 14.0. The third-order valence-electron chi connectivity index (χ3n) is 4.17. The van der Waals surface area contributed by atoms with Crippen LogP contribution in [0.4, 0.5) is 0 Å². The average molecular weight is 427 g/mol. The Morgan fingerprint density at radius 2 is 1.50 bits per heavy atom. The van der Waals surface area contributed by atoms with E-state index >= 15 is 0 Å². The van der Waals surface area contributed by atoms with Crippen molar-refractivity contribution in [2.75, 3.05) is 6.61 Å². The Bertz CT molecular complexity index is 635. The number of Topliss-reactive ketones (excluding diaryl/α,β-unsaturated/α-hetero) is 1. The monoisotopic (exact) mass is 426 g/mol. The molecule has 0 spiro atoms. The maximum atomic E-state index is 12.7. The second kappa shape index (κ2) is 14.2. The highest BCUT2D eigenvalue weighted by Gasteiger charge is 2.29.